The second-order valence-electron chi connectivity index (χ2n) is 8.03. The minimum Gasteiger partial charge on any atom is -0.388 e. The van der Waals surface area contributed by atoms with E-state index in [0.29, 0.717) is 18.4 Å². The summed E-state index contributed by atoms with van der Waals surface area (Å²) in [6.07, 6.45) is 6.73. The van der Waals surface area contributed by atoms with E-state index in [2.05, 4.69) is 63.3 Å². The van der Waals surface area contributed by atoms with E-state index in [4.69, 9.17) is 0 Å². The fraction of sp³-hybridized carbons (Fsp3) is 0.500. The van der Waals surface area contributed by atoms with Crippen LogP contribution in [0.5, 0.6) is 0 Å². The first-order valence-electron chi connectivity index (χ1n) is 9.45. The van der Waals surface area contributed by atoms with Gasteiger partial charge in [0, 0.05) is 12.0 Å². The smallest absolute Gasteiger partial charge is 0.161 e. The van der Waals surface area contributed by atoms with Crippen molar-refractivity contribution in [2.75, 3.05) is 0 Å². The number of aliphatic hydroxyl groups excluding tert-OH is 1. The quantitative estimate of drug-likeness (QED) is 0.572. The summed E-state index contributed by atoms with van der Waals surface area (Å²) in [7, 11) is -1.48. The van der Waals surface area contributed by atoms with Crippen molar-refractivity contribution in [3.63, 3.8) is 0 Å². The van der Waals surface area contributed by atoms with Crippen LogP contribution in [0.15, 0.2) is 53.6 Å². The molecule has 0 radical (unpaired) electrons. The lowest BCUT2D eigenvalue weighted by Crippen LogP contribution is -2.40. The van der Waals surface area contributed by atoms with E-state index in [1.165, 1.54) is 10.8 Å². The SMILES string of the molecule is C/C(=C\C[Si](C)(C)c1ccccc1)[C@H](C)C[C@H](O)C1=CCCCC1=O. The molecule has 0 fully saturated rings. The Labute approximate surface area is 153 Å². The van der Waals surface area contributed by atoms with Crippen LogP contribution in [0, 0.1) is 5.92 Å². The summed E-state index contributed by atoms with van der Waals surface area (Å²) in [5.74, 6) is 0.413. The molecule has 1 aromatic rings. The van der Waals surface area contributed by atoms with Crippen LogP contribution in [0.3, 0.4) is 0 Å². The monoisotopic (exact) mass is 356 g/mol. The Bertz CT molecular complexity index is 643. The van der Waals surface area contributed by atoms with Crippen LogP contribution < -0.4 is 5.19 Å². The maximum Gasteiger partial charge on any atom is 0.161 e. The second kappa shape index (κ2) is 8.77. The molecule has 2 nitrogen and oxygen atoms in total. The van der Waals surface area contributed by atoms with Crippen LogP contribution in [0.2, 0.25) is 19.1 Å². The minimum absolute atomic E-state index is 0.130. The van der Waals surface area contributed by atoms with Crippen LogP contribution in [-0.2, 0) is 4.79 Å². The van der Waals surface area contributed by atoms with E-state index in [-0.39, 0.29) is 11.7 Å². The van der Waals surface area contributed by atoms with Gasteiger partial charge in [0.1, 0.15) is 0 Å². The van der Waals surface area contributed by atoms with Gasteiger partial charge in [-0.15, -0.1) is 0 Å². The standard InChI is InChI=1S/C22H32O2Si/c1-17(14-15-25(3,4)19-10-6-5-7-11-19)18(2)16-22(24)20-12-8-9-13-21(20)23/h5-7,10-12,14,18,22,24H,8-9,13,15-16H2,1-4H3/b17-14+/t18-,22+/m1/s1. The van der Waals surface area contributed by atoms with Crippen molar-refractivity contribution in [3.05, 3.63) is 53.6 Å². The van der Waals surface area contributed by atoms with Crippen LogP contribution in [0.25, 0.3) is 0 Å². The van der Waals surface area contributed by atoms with E-state index in [1.807, 2.05) is 6.08 Å². The zero-order valence-corrected chi connectivity index (χ0v) is 17.1. The Morgan fingerprint density at radius 2 is 1.96 bits per heavy atom. The summed E-state index contributed by atoms with van der Waals surface area (Å²) in [6.45, 7) is 9.11. The van der Waals surface area contributed by atoms with Crippen molar-refractivity contribution < 1.29 is 9.90 Å². The number of Topliss-reactive ketones (excluding diaryl/α,β-unsaturated/α-hetero) is 1. The summed E-state index contributed by atoms with van der Waals surface area (Å²) in [4.78, 5) is 12.0. The Kier molecular flexibility index (Phi) is 6.97. The molecule has 0 amide bonds. The first-order chi connectivity index (χ1) is 11.8. The molecular weight excluding hydrogens is 324 g/mol. The third-order valence-electron chi connectivity index (χ3n) is 5.50. The maximum absolute atomic E-state index is 12.0. The molecule has 1 aliphatic rings. The third kappa shape index (κ3) is 5.51. The molecule has 0 aromatic heterocycles. The number of ketones is 1. The number of rotatable bonds is 7. The third-order valence-corrected chi connectivity index (χ3v) is 8.62. The predicted molar refractivity (Wildman–Crippen MR) is 109 cm³/mol. The van der Waals surface area contributed by atoms with Crippen molar-refractivity contribution in [2.24, 2.45) is 5.92 Å². The molecule has 1 aliphatic carbocycles. The summed E-state index contributed by atoms with van der Waals surface area (Å²) in [6, 6.07) is 11.9. The van der Waals surface area contributed by atoms with Crippen molar-refractivity contribution in [3.8, 4) is 0 Å². The number of allylic oxidation sites excluding steroid dienone is 3. The molecular formula is C22H32O2Si. The molecule has 1 aromatic carbocycles. The number of hydrogen-bond donors (Lipinski definition) is 1. The van der Waals surface area contributed by atoms with Gasteiger partial charge in [0.2, 0.25) is 0 Å². The second-order valence-corrected chi connectivity index (χ2v) is 12.8. The average molecular weight is 357 g/mol. The van der Waals surface area contributed by atoms with Gasteiger partial charge in [-0.3, -0.25) is 4.79 Å². The topological polar surface area (TPSA) is 37.3 Å². The van der Waals surface area contributed by atoms with Crippen molar-refractivity contribution in [2.45, 2.75) is 64.8 Å². The van der Waals surface area contributed by atoms with Gasteiger partial charge in [0.25, 0.3) is 0 Å². The highest BCUT2D eigenvalue weighted by molar-refractivity contribution is 6.90. The normalized spacial score (nSPS) is 18.7. The Morgan fingerprint density at radius 3 is 2.60 bits per heavy atom. The summed E-state index contributed by atoms with van der Waals surface area (Å²) in [5.41, 5.74) is 1.96. The summed E-state index contributed by atoms with van der Waals surface area (Å²) >= 11 is 0. The van der Waals surface area contributed by atoms with E-state index in [0.717, 1.165) is 18.9 Å². The van der Waals surface area contributed by atoms with Crippen molar-refractivity contribution in [1.82, 2.24) is 0 Å². The number of carbonyl (C=O) groups is 1. The molecule has 0 spiro atoms. The minimum atomic E-state index is -1.48. The van der Waals surface area contributed by atoms with Crippen molar-refractivity contribution >= 4 is 19.0 Å². The number of aliphatic hydroxyl groups is 1. The van der Waals surface area contributed by atoms with Gasteiger partial charge >= 0.3 is 0 Å². The van der Waals surface area contributed by atoms with Crippen molar-refractivity contribution in [1.29, 1.82) is 0 Å². The van der Waals surface area contributed by atoms with Crippen LogP contribution in [-0.4, -0.2) is 25.1 Å². The molecule has 136 valence electrons. The van der Waals surface area contributed by atoms with Crippen LogP contribution >= 0.6 is 0 Å². The van der Waals surface area contributed by atoms with Crippen LogP contribution in [0.4, 0.5) is 0 Å². The highest BCUT2D eigenvalue weighted by Crippen LogP contribution is 2.25. The van der Waals surface area contributed by atoms with E-state index in [1.54, 1.807) is 0 Å². The highest BCUT2D eigenvalue weighted by atomic mass is 28.3. The average Bonchev–Trinajstić information content (AvgIpc) is 2.60. The molecule has 2 rings (SSSR count). The summed E-state index contributed by atoms with van der Waals surface area (Å²) < 4.78 is 0. The number of hydrogen-bond acceptors (Lipinski definition) is 2. The van der Waals surface area contributed by atoms with Gasteiger partial charge in [-0.2, -0.15) is 0 Å². The van der Waals surface area contributed by atoms with E-state index < -0.39 is 14.2 Å². The maximum atomic E-state index is 12.0. The predicted octanol–water partition coefficient (Wildman–Crippen LogP) is 4.61. The Balaban J connectivity index is 1.97. The van der Waals surface area contributed by atoms with Gasteiger partial charge in [-0.25, -0.2) is 0 Å². The fourth-order valence-corrected chi connectivity index (χ4v) is 5.54. The zero-order valence-electron chi connectivity index (χ0n) is 16.1. The van der Waals surface area contributed by atoms with Gasteiger partial charge in [-0.1, -0.05) is 73.3 Å². The largest absolute Gasteiger partial charge is 0.388 e. The first-order valence-corrected chi connectivity index (χ1v) is 12.7. The molecule has 0 bridgehead atoms. The molecule has 0 unspecified atom stereocenters. The number of benzene rings is 1. The Hall–Kier alpha value is -1.45. The first kappa shape index (κ1) is 19.9. The Morgan fingerprint density at radius 1 is 1.28 bits per heavy atom. The van der Waals surface area contributed by atoms with Gasteiger partial charge in [0.05, 0.1) is 14.2 Å². The van der Waals surface area contributed by atoms with Crippen LogP contribution in [0.1, 0.15) is 39.5 Å². The van der Waals surface area contributed by atoms with Gasteiger partial charge in [-0.05, 0) is 38.1 Å². The fourth-order valence-electron chi connectivity index (χ4n) is 3.37. The van der Waals surface area contributed by atoms with E-state index in [9.17, 15) is 9.90 Å². The molecule has 0 saturated carbocycles. The molecule has 25 heavy (non-hydrogen) atoms. The highest BCUT2D eigenvalue weighted by Gasteiger charge is 2.24. The van der Waals surface area contributed by atoms with Gasteiger partial charge in [0.15, 0.2) is 5.78 Å². The molecule has 0 aliphatic heterocycles. The number of carbonyl (C=O) groups excluding carboxylic acids is 1. The molecule has 0 saturated heterocycles. The lowest BCUT2D eigenvalue weighted by atomic mass is 9.87. The van der Waals surface area contributed by atoms with E-state index >= 15 is 0 Å². The van der Waals surface area contributed by atoms with Gasteiger partial charge < -0.3 is 5.11 Å². The summed E-state index contributed by atoms with van der Waals surface area (Å²) in [5, 5.41) is 11.9. The zero-order chi connectivity index (χ0) is 18.4. The lowest BCUT2D eigenvalue weighted by Gasteiger charge is -2.24. The molecule has 2 atom stereocenters. The molecule has 1 N–H and O–H groups in total. The lowest BCUT2D eigenvalue weighted by molar-refractivity contribution is -0.117. The molecule has 0 heterocycles. The molecule has 3 heteroatoms.